The number of nitrogens with zero attached hydrogens (tertiary/aromatic N) is 2. The number of amides is 1. The summed E-state index contributed by atoms with van der Waals surface area (Å²) in [7, 11) is 0. The average Bonchev–Trinajstić information content (AvgIpc) is 3.24. The third-order valence-corrected chi connectivity index (χ3v) is 4.41. The van der Waals surface area contributed by atoms with Crippen LogP contribution in [0.2, 0.25) is 0 Å². The van der Waals surface area contributed by atoms with E-state index in [1.54, 1.807) is 22.7 Å². The summed E-state index contributed by atoms with van der Waals surface area (Å²) in [6, 6.07) is 5.90. The Bertz CT molecular complexity index is 690. The molecule has 0 aliphatic rings. The first-order chi connectivity index (χ1) is 10.3. The van der Waals surface area contributed by atoms with Gasteiger partial charge in [-0.25, -0.2) is 0 Å². The van der Waals surface area contributed by atoms with Crippen molar-refractivity contribution in [2.75, 3.05) is 0 Å². The SMILES string of the molecule is O=C(CCc1nc(-c2ccsc2)no1)NCc1cccs1. The maximum atomic E-state index is 11.8. The van der Waals surface area contributed by atoms with E-state index in [0.717, 1.165) is 10.4 Å². The van der Waals surface area contributed by atoms with E-state index in [1.807, 2.05) is 34.3 Å². The molecule has 3 aromatic rings. The Morgan fingerprint density at radius 1 is 1.33 bits per heavy atom. The molecule has 1 N–H and O–H groups in total. The van der Waals surface area contributed by atoms with Crippen molar-refractivity contribution in [1.29, 1.82) is 0 Å². The molecule has 0 unspecified atom stereocenters. The van der Waals surface area contributed by atoms with Crippen LogP contribution >= 0.6 is 22.7 Å². The highest BCUT2D eigenvalue weighted by Gasteiger charge is 2.10. The summed E-state index contributed by atoms with van der Waals surface area (Å²) in [6.07, 6.45) is 0.796. The molecule has 21 heavy (non-hydrogen) atoms. The Morgan fingerprint density at radius 2 is 2.29 bits per heavy atom. The minimum absolute atomic E-state index is 0.0151. The van der Waals surface area contributed by atoms with E-state index in [1.165, 1.54) is 0 Å². The van der Waals surface area contributed by atoms with Crippen LogP contribution in [0, 0.1) is 0 Å². The van der Waals surface area contributed by atoms with E-state index in [-0.39, 0.29) is 5.91 Å². The number of carbonyl (C=O) groups is 1. The maximum absolute atomic E-state index is 11.8. The van der Waals surface area contributed by atoms with Gasteiger partial charge in [0.05, 0.1) is 6.54 Å². The molecule has 0 radical (unpaired) electrons. The summed E-state index contributed by atoms with van der Waals surface area (Å²) >= 11 is 3.21. The quantitative estimate of drug-likeness (QED) is 0.758. The second-order valence-electron chi connectivity index (χ2n) is 4.38. The van der Waals surface area contributed by atoms with Gasteiger partial charge in [-0.15, -0.1) is 11.3 Å². The molecule has 0 atom stereocenters. The first-order valence-corrected chi connectivity index (χ1v) is 8.28. The van der Waals surface area contributed by atoms with Gasteiger partial charge >= 0.3 is 0 Å². The minimum atomic E-state index is -0.0151. The lowest BCUT2D eigenvalue weighted by atomic mass is 10.3. The molecule has 0 fully saturated rings. The highest BCUT2D eigenvalue weighted by atomic mass is 32.1. The highest BCUT2D eigenvalue weighted by Crippen LogP contribution is 2.18. The first-order valence-electron chi connectivity index (χ1n) is 6.45. The molecule has 108 valence electrons. The largest absolute Gasteiger partial charge is 0.351 e. The van der Waals surface area contributed by atoms with E-state index in [2.05, 4.69) is 15.5 Å². The number of hydrogen-bond acceptors (Lipinski definition) is 6. The number of nitrogens with one attached hydrogen (secondary N) is 1. The second kappa shape index (κ2) is 6.64. The van der Waals surface area contributed by atoms with Gasteiger partial charge in [0.2, 0.25) is 17.6 Å². The predicted octanol–water partition coefficient (Wildman–Crippen LogP) is 3.11. The standard InChI is InChI=1S/C14H13N3O2S2/c18-12(15-8-11-2-1-6-21-11)3-4-13-16-14(17-19-13)10-5-7-20-9-10/h1-2,5-7,9H,3-4,8H2,(H,15,18). The Kier molecular flexibility index (Phi) is 4.42. The zero-order chi connectivity index (χ0) is 14.5. The smallest absolute Gasteiger partial charge is 0.227 e. The summed E-state index contributed by atoms with van der Waals surface area (Å²) in [4.78, 5) is 17.2. The summed E-state index contributed by atoms with van der Waals surface area (Å²) in [5.41, 5.74) is 0.942. The molecule has 3 rings (SSSR count). The molecule has 0 aromatic carbocycles. The Labute approximate surface area is 129 Å². The molecule has 3 aromatic heterocycles. The van der Waals surface area contributed by atoms with Crippen LogP contribution in [0.3, 0.4) is 0 Å². The normalized spacial score (nSPS) is 10.7. The lowest BCUT2D eigenvalue weighted by molar-refractivity contribution is -0.121. The van der Waals surface area contributed by atoms with Crippen LogP contribution in [-0.4, -0.2) is 16.0 Å². The topological polar surface area (TPSA) is 68.0 Å². The van der Waals surface area contributed by atoms with Crippen molar-refractivity contribution in [3.05, 3.63) is 45.1 Å². The number of rotatable bonds is 6. The van der Waals surface area contributed by atoms with Crippen LogP contribution in [0.1, 0.15) is 17.2 Å². The fraction of sp³-hybridized carbons (Fsp3) is 0.214. The van der Waals surface area contributed by atoms with Crippen molar-refractivity contribution >= 4 is 28.6 Å². The molecule has 0 saturated heterocycles. The fourth-order valence-electron chi connectivity index (χ4n) is 1.77. The predicted molar refractivity (Wildman–Crippen MR) is 82.1 cm³/mol. The molecule has 7 heteroatoms. The third kappa shape index (κ3) is 3.77. The van der Waals surface area contributed by atoms with Crippen LogP contribution in [-0.2, 0) is 17.8 Å². The lowest BCUT2D eigenvalue weighted by Gasteiger charge is -2.01. The first kappa shape index (κ1) is 14.0. The van der Waals surface area contributed by atoms with Gasteiger partial charge in [-0.05, 0) is 22.9 Å². The molecule has 0 spiro atoms. The van der Waals surface area contributed by atoms with Gasteiger partial charge in [-0.2, -0.15) is 16.3 Å². The van der Waals surface area contributed by atoms with Crippen molar-refractivity contribution in [3.63, 3.8) is 0 Å². The summed E-state index contributed by atoms with van der Waals surface area (Å²) in [6.45, 7) is 0.570. The molecule has 0 aliphatic carbocycles. The van der Waals surface area contributed by atoms with Crippen LogP contribution in [0.25, 0.3) is 11.4 Å². The monoisotopic (exact) mass is 319 g/mol. The van der Waals surface area contributed by atoms with Gasteiger partial charge in [0.15, 0.2) is 0 Å². The number of aromatic nitrogens is 2. The van der Waals surface area contributed by atoms with E-state index in [4.69, 9.17) is 4.52 Å². The van der Waals surface area contributed by atoms with Gasteiger partial charge < -0.3 is 9.84 Å². The molecule has 0 saturated carbocycles. The molecular formula is C14H13N3O2S2. The minimum Gasteiger partial charge on any atom is -0.351 e. The second-order valence-corrected chi connectivity index (χ2v) is 6.19. The number of hydrogen-bond donors (Lipinski definition) is 1. The summed E-state index contributed by atoms with van der Waals surface area (Å²) in [5.74, 6) is 1.05. The van der Waals surface area contributed by atoms with E-state index < -0.39 is 0 Å². The zero-order valence-electron chi connectivity index (χ0n) is 11.1. The van der Waals surface area contributed by atoms with Crippen LogP contribution in [0.4, 0.5) is 0 Å². The fourth-order valence-corrected chi connectivity index (χ4v) is 3.05. The van der Waals surface area contributed by atoms with Gasteiger partial charge in [0, 0.05) is 28.7 Å². The van der Waals surface area contributed by atoms with E-state index in [0.29, 0.717) is 31.1 Å². The van der Waals surface area contributed by atoms with Crippen LogP contribution in [0.5, 0.6) is 0 Å². The molecule has 1 amide bonds. The highest BCUT2D eigenvalue weighted by molar-refractivity contribution is 7.09. The lowest BCUT2D eigenvalue weighted by Crippen LogP contribution is -2.22. The number of thiophene rings is 2. The van der Waals surface area contributed by atoms with Crippen molar-refractivity contribution in [2.24, 2.45) is 0 Å². The molecule has 5 nitrogen and oxygen atoms in total. The third-order valence-electron chi connectivity index (χ3n) is 2.85. The van der Waals surface area contributed by atoms with E-state index in [9.17, 15) is 4.79 Å². The van der Waals surface area contributed by atoms with Crippen molar-refractivity contribution in [1.82, 2.24) is 15.5 Å². The number of carbonyl (C=O) groups excluding carboxylic acids is 1. The average molecular weight is 319 g/mol. The Morgan fingerprint density at radius 3 is 3.05 bits per heavy atom. The number of aryl methyl sites for hydroxylation is 1. The Hall–Kier alpha value is -1.99. The van der Waals surface area contributed by atoms with Gasteiger partial charge in [-0.3, -0.25) is 4.79 Å². The maximum Gasteiger partial charge on any atom is 0.227 e. The molecule has 0 bridgehead atoms. The van der Waals surface area contributed by atoms with Crippen molar-refractivity contribution in [2.45, 2.75) is 19.4 Å². The van der Waals surface area contributed by atoms with Crippen LogP contribution < -0.4 is 5.32 Å². The van der Waals surface area contributed by atoms with Gasteiger partial charge in [-0.1, -0.05) is 11.2 Å². The van der Waals surface area contributed by atoms with Crippen molar-refractivity contribution < 1.29 is 9.32 Å². The molecular weight excluding hydrogens is 306 g/mol. The zero-order valence-corrected chi connectivity index (χ0v) is 12.7. The van der Waals surface area contributed by atoms with E-state index >= 15 is 0 Å². The van der Waals surface area contributed by atoms with Crippen molar-refractivity contribution in [3.8, 4) is 11.4 Å². The van der Waals surface area contributed by atoms with Crippen LogP contribution in [0.15, 0.2) is 38.9 Å². The summed E-state index contributed by atoms with van der Waals surface area (Å²) < 4.78 is 5.15. The Balaban J connectivity index is 1.47. The van der Waals surface area contributed by atoms with Gasteiger partial charge in [0.25, 0.3) is 0 Å². The molecule has 0 aliphatic heterocycles. The summed E-state index contributed by atoms with van der Waals surface area (Å²) in [5, 5.41) is 12.7. The molecule has 3 heterocycles. The van der Waals surface area contributed by atoms with Gasteiger partial charge in [0.1, 0.15) is 0 Å².